The van der Waals surface area contributed by atoms with Crippen LogP contribution in [-0.2, 0) is 12.0 Å². The number of aryl methyl sites for hydroxylation is 1. The van der Waals surface area contributed by atoms with Crippen molar-refractivity contribution in [2.75, 3.05) is 6.54 Å². The molecule has 3 N–H and O–H groups in total. The van der Waals surface area contributed by atoms with E-state index in [-0.39, 0.29) is 34.9 Å². The van der Waals surface area contributed by atoms with E-state index >= 15 is 0 Å². The third-order valence-corrected chi connectivity index (χ3v) is 7.50. The smallest absolute Gasteiger partial charge is 0.335 e. The molecular weight excluding hydrogens is 490 g/mol. The number of hydrogen-bond acceptors (Lipinski definition) is 8. The topological polar surface area (TPSA) is 135 Å². The molecule has 2 aromatic heterocycles. The van der Waals surface area contributed by atoms with Crippen molar-refractivity contribution in [1.82, 2.24) is 20.1 Å². The number of thiazole rings is 1. The minimum absolute atomic E-state index is 0.0405. The highest BCUT2D eigenvalue weighted by Gasteiger charge is 2.33. The number of likely N-dealkylation sites (tertiary alicyclic amines) is 1. The molecule has 37 heavy (non-hydrogen) atoms. The molecule has 0 unspecified atom stereocenters. The van der Waals surface area contributed by atoms with Crippen molar-refractivity contribution in [2.24, 2.45) is 5.73 Å². The SMILES string of the molecule is Cc1csc([C@H]2CCCN2C(=O)c2cc(C(=O)O)cc(-c3nnc([C@](C)(N)Cc4ccccc4)o3)c2)n1. The molecule has 1 saturated heterocycles. The molecule has 0 spiro atoms. The number of carboxylic acids is 1. The zero-order valence-electron chi connectivity index (χ0n) is 20.5. The third-order valence-electron chi connectivity index (χ3n) is 6.44. The summed E-state index contributed by atoms with van der Waals surface area (Å²) in [5.41, 5.74) is 8.06. The van der Waals surface area contributed by atoms with E-state index in [4.69, 9.17) is 10.2 Å². The monoisotopic (exact) mass is 517 g/mol. The van der Waals surface area contributed by atoms with Crippen molar-refractivity contribution >= 4 is 23.2 Å². The zero-order valence-corrected chi connectivity index (χ0v) is 21.4. The molecule has 0 aliphatic carbocycles. The summed E-state index contributed by atoms with van der Waals surface area (Å²) in [6.07, 6.45) is 2.14. The molecular formula is C27H27N5O4S. The standard InChI is InChI=1S/C27H27N5O4S/c1-16-15-37-23(29-16)21-9-6-10-32(21)24(33)19-11-18(12-20(13-19)25(34)35)22-30-31-26(36-22)27(2,28)14-17-7-4-3-5-8-17/h3-5,7-8,11-13,15,21H,6,9-10,14,28H2,1-2H3,(H,34,35)/t21-,27-/m1/s1. The summed E-state index contributed by atoms with van der Waals surface area (Å²) in [4.78, 5) is 31.8. The highest BCUT2D eigenvalue weighted by Crippen LogP contribution is 2.35. The minimum Gasteiger partial charge on any atom is -0.478 e. The molecule has 1 aliphatic heterocycles. The van der Waals surface area contributed by atoms with Crippen LogP contribution in [0.3, 0.4) is 0 Å². The zero-order chi connectivity index (χ0) is 26.2. The van der Waals surface area contributed by atoms with Crippen LogP contribution < -0.4 is 5.73 Å². The number of aromatic carboxylic acids is 1. The van der Waals surface area contributed by atoms with E-state index in [1.54, 1.807) is 17.9 Å². The van der Waals surface area contributed by atoms with E-state index in [0.29, 0.717) is 18.5 Å². The Hall–Kier alpha value is -3.89. The van der Waals surface area contributed by atoms with Crippen LogP contribution in [0.25, 0.3) is 11.5 Å². The third kappa shape index (κ3) is 5.16. The molecule has 0 radical (unpaired) electrons. The summed E-state index contributed by atoms with van der Waals surface area (Å²) in [7, 11) is 0. The Bertz CT molecular complexity index is 1450. The molecule has 1 aliphatic rings. The molecule has 1 amide bonds. The van der Waals surface area contributed by atoms with Crippen LogP contribution in [0.4, 0.5) is 0 Å². The lowest BCUT2D eigenvalue weighted by atomic mass is 9.94. The number of amides is 1. The van der Waals surface area contributed by atoms with Crippen LogP contribution in [0, 0.1) is 6.92 Å². The summed E-state index contributed by atoms with van der Waals surface area (Å²) in [6.45, 7) is 4.30. The van der Waals surface area contributed by atoms with Gasteiger partial charge >= 0.3 is 5.97 Å². The molecule has 5 rings (SSSR count). The number of benzene rings is 2. The molecule has 10 heteroatoms. The van der Waals surface area contributed by atoms with E-state index in [0.717, 1.165) is 29.1 Å². The first-order valence-electron chi connectivity index (χ1n) is 12.0. The van der Waals surface area contributed by atoms with Crippen molar-refractivity contribution in [3.05, 3.63) is 87.2 Å². The van der Waals surface area contributed by atoms with Gasteiger partial charge in [-0.2, -0.15) is 0 Å². The van der Waals surface area contributed by atoms with Gasteiger partial charge in [0, 0.05) is 28.7 Å². The second kappa shape index (κ2) is 9.87. The normalized spacial score (nSPS) is 17.1. The molecule has 2 atom stereocenters. The maximum Gasteiger partial charge on any atom is 0.335 e. The minimum atomic E-state index is -1.16. The Kier molecular flexibility index (Phi) is 6.61. The maximum absolute atomic E-state index is 13.6. The van der Waals surface area contributed by atoms with Crippen LogP contribution >= 0.6 is 11.3 Å². The van der Waals surface area contributed by atoms with Crippen molar-refractivity contribution in [2.45, 2.75) is 44.7 Å². The number of aromatic nitrogens is 3. The number of rotatable bonds is 7. The Morgan fingerprint density at radius 2 is 1.95 bits per heavy atom. The lowest BCUT2D eigenvalue weighted by Gasteiger charge is -2.23. The molecule has 9 nitrogen and oxygen atoms in total. The molecule has 3 heterocycles. The van der Waals surface area contributed by atoms with Gasteiger partial charge in [-0.25, -0.2) is 9.78 Å². The molecule has 0 bridgehead atoms. The van der Waals surface area contributed by atoms with Crippen LogP contribution in [0.15, 0.2) is 58.3 Å². The second-order valence-corrected chi connectivity index (χ2v) is 10.5. The van der Waals surface area contributed by atoms with Gasteiger partial charge in [0.05, 0.1) is 17.1 Å². The van der Waals surface area contributed by atoms with Crippen molar-refractivity contribution in [1.29, 1.82) is 0 Å². The Morgan fingerprint density at radius 1 is 1.19 bits per heavy atom. The van der Waals surface area contributed by atoms with Gasteiger partial charge in [-0.3, -0.25) is 4.79 Å². The lowest BCUT2D eigenvalue weighted by molar-refractivity contribution is 0.0697. The predicted octanol–water partition coefficient (Wildman–Crippen LogP) is 4.59. The first-order valence-corrected chi connectivity index (χ1v) is 12.9. The lowest BCUT2D eigenvalue weighted by Crippen LogP contribution is -2.35. The van der Waals surface area contributed by atoms with Gasteiger partial charge in [-0.05, 0) is 56.9 Å². The molecule has 4 aromatic rings. The highest BCUT2D eigenvalue weighted by atomic mass is 32.1. The molecule has 190 valence electrons. The quantitative estimate of drug-likeness (QED) is 0.363. The number of carbonyl (C=O) groups excluding carboxylic acids is 1. The summed E-state index contributed by atoms with van der Waals surface area (Å²) in [6, 6.07) is 14.0. The predicted molar refractivity (Wildman–Crippen MR) is 138 cm³/mol. The van der Waals surface area contributed by atoms with Crippen LogP contribution in [0.1, 0.15) is 68.7 Å². The van der Waals surface area contributed by atoms with Crippen molar-refractivity contribution in [3.63, 3.8) is 0 Å². The fraction of sp³-hybridized carbons (Fsp3) is 0.296. The van der Waals surface area contributed by atoms with E-state index < -0.39 is 11.5 Å². The van der Waals surface area contributed by atoms with Gasteiger partial charge in [0.15, 0.2) is 0 Å². The summed E-state index contributed by atoms with van der Waals surface area (Å²) >= 11 is 1.53. The Balaban J connectivity index is 1.46. The number of nitrogens with two attached hydrogens (primary N) is 1. The van der Waals surface area contributed by atoms with Crippen molar-refractivity contribution < 1.29 is 19.1 Å². The van der Waals surface area contributed by atoms with Crippen LogP contribution in [-0.4, -0.2) is 43.6 Å². The van der Waals surface area contributed by atoms with Crippen LogP contribution in [0.2, 0.25) is 0 Å². The van der Waals surface area contributed by atoms with Gasteiger partial charge in [0.2, 0.25) is 11.8 Å². The first-order chi connectivity index (χ1) is 17.7. The number of hydrogen-bond donors (Lipinski definition) is 2. The fourth-order valence-electron chi connectivity index (χ4n) is 4.62. The Labute approximate surface area is 218 Å². The molecule has 0 saturated carbocycles. The fourth-order valence-corrected chi connectivity index (χ4v) is 5.56. The number of carboxylic acid groups (broad SMARTS) is 1. The summed E-state index contributed by atoms with van der Waals surface area (Å²) < 4.78 is 5.92. The van der Waals surface area contributed by atoms with E-state index in [2.05, 4.69) is 15.2 Å². The van der Waals surface area contributed by atoms with Gasteiger partial charge in [0.1, 0.15) is 5.01 Å². The van der Waals surface area contributed by atoms with Gasteiger partial charge in [-0.1, -0.05) is 30.3 Å². The van der Waals surface area contributed by atoms with E-state index in [9.17, 15) is 14.7 Å². The highest BCUT2D eigenvalue weighted by molar-refractivity contribution is 7.09. The summed E-state index contributed by atoms with van der Waals surface area (Å²) in [5.74, 6) is -1.09. The van der Waals surface area contributed by atoms with E-state index in [1.165, 1.54) is 23.5 Å². The average Bonchev–Trinajstić information content (AvgIpc) is 3.64. The number of carbonyl (C=O) groups is 2. The average molecular weight is 518 g/mol. The largest absolute Gasteiger partial charge is 0.478 e. The molecule has 2 aromatic carbocycles. The second-order valence-electron chi connectivity index (χ2n) is 9.58. The first kappa shape index (κ1) is 24.8. The Morgan fingerprint density at radius 3 is 2.65 bits per heavy atom. The summed E-state index contributed by atoms with van der Waals surface area (Å²) in [5, 5.41) is 20.9. The van der Waals surface area contributed by atoms with Gasteiger partial charge < -0.3 is 20.2 Å². The van der Waals surface area contributed by atoms with E-state index in [1.807, 2.05) is 42.6 Å². The molecule has 1 fully saturated rings. The van der Waals surface area contributed by atoms with Crippen LogP contribution in [0.5, 0.6) is 0 Å². The van der Waals surface area contributed by atoms with Gasteiger partial charge in [0.25, 0.3) is 5.91 Å². The van der Waals surface area contributed by atoms with Gasteiger partial charge in [-0.15, -0.1) is 21.5 Å². The number of nitrogens with zero attached hydrogens (tertiary/aromatic N) is 4. The maximum atomic E-state index is 13.6. The van der Waals surface area contributed by atoms with Crippen molar-refractivity contribution in [3.8, 4) is 11.5 Å².